The van der Waals surface area contributed by atoms with E-state index < -0.39 is 9.84 Å². The first-order chi connectivity index (χ1) is 17.7. The number of fused-ring (bicyclic) bond motifs is 2. The summed E-state index contributed by atoms with van der Waals surface area (Å²) in [5.74, 6) is 3.28. The summed E-state index contributed by atoms with van der Waals surface area (Å²) in [7, 11) is -2.98. The highest BCUT2D eigenvalue weighted by molar-refractivity contribution is 7.90. The Morgan fingerprint density at radius 2 is 1.95 bits per heavy atom. The van der Waals surface area contributed by atoms with Crippen LogP contribution in [0, 0.1) is 11.8 Å². The average molecular weight is 524 g/mol. The lowest BCUT2D eigenvalue weighted by Crippen LogP contribution is -2.49. The molecule has 3 fully saturated rings. The van der Waals surface area contributed by atoms with E-state index in [0.29, 0.717) is 36.7 Å². The van der Waals surface area contributed by atoms with Crippen molar-refractivity contribution in [2.24, 2.45) is 11.8 Å². The highest BCUT2D eigenvalue weighted by atomic mass is 32.2. The molecule has 0 amide bonds. The Hall–Kier alpha value is -3.05. The van der Waals surface area contributed by atoms with E-state index in [1.165, 1.54) is 6.26 Å². The zero-order chi connectivity index (χ0) is 25.7. The second kappa shape index (κ2) is 9.36. The van der Waals surface area contributed by atoms with E-state index in [4.69, 9.17) is 19.7 Å². The Morgan fingerprint density at radius 3 is 2.73 bits per heavy atom. The zero-order valence-corrected chi connectivity index (χ0v) is 22.3. The Kier molecular flexibility index (Phi) is 6.15. The fourth-order valence-corrected chi connectivity index (χ4v) is 6.90. The Bertz CT molecular complexity index is 1420. The molecule has 0 aromatic carbocycles. The summed E-state index contributed by atoms with van der Waals surface area (Å²) >= 11 is 0. The molecule has 2 atom stereocenters. The quantitative estimate of drug-likeness (QED) is 0.496. The first kappa shape index (κ1) is 24.3. The summed E-state index contributed by atoms with van der Waals surface area (Å²) in [6.07, 6.45) is 7.97. The van der Waals surface area contributed by atoms with Crippen molar-refractivity contribution in [2.45, 2.75) is 32.2 Å². The smallest absolute Gasteiger partial charge is 0.227 e. The van der Waals surface area contributed by atoms with Crippen molar-refractivity contribution in [1.29, 1.82) is 0 Å². The van der Waals surface area contributed by atoms with Crippen LogP contribution < -0.4 is 15.1 Å². The maximum atomic E-state index is 11.7. The molecular formula is C26H33N7O3S. The van der Waals surface area contributed by atoms with Crippen LogP contribution in [-0.4, -0.2) is 79.3 Å². The Labute approximate surface area is 217 Å². The average Bonchev–Trinajstić information content (AvgIpc) is 3.44. The Balaban J connectivity index is 1.26. The predicted molar refractivity (Wildman–Crippen MR) is 144 cm³/mol. The molecule has 1 N–H and O–H groups in total. The van der Waals surface area contributed by atoms with Gasteiger partial charge in [0.1, 0.15) is 21.5 Å². The van der Waals surface area contributed by atoms with Crippen molar-refractivity contribution >= 4 is 43.9 Å². The molecule has 0 bridgehead atoms. The van der Waals surface area contributed by atoms with Crippen LogP contribution in [0.2, 0.25) is 0 Å². The highest BCUT2D eigenvalue weighted by Crippen LogP contribution is 2.36. The van der Waals surface area contributed by atoms with Gasteiger partial charge in [-0.05, 0) is 24.5 Å². The number of rotatable bonds is 7. The number of hydrogen-bond acceptors (Lipinski definition) is 10. The summed E-state index contributed by atoms with van der Waals surface area (Å²) in [6, 6.07) is 4.24. The number of ether oxygens (including phenoxy) is 1. The minimum absolute atomic E-state index is 0.150. The first-order valence-corrected chi connectivity index (χ1v) is 15.0. The summed E-state index contributed by atoms with van der Waals surface area (Å²) in [4.78, 5) is 23.3. The van der Waals surface area contributed by atoms with Gasteiger partial charge in [0.05, 0.1) is 42.6 Å². The van der Waals surface area contributed by atoms with Crippen molar-refractivity contribution in [2.75, 3.05) is 60.0 Å². The molecule has 3 aliphatic rings. The van der Waals surface area contributed by atoms with Crippen molar-refractivity contribution < 1.29 is 13.2 Å². The molecule has 1 unspecified atom stereocenters. The van der Waals surface area contributed by atoms with Crippen LogP contribution in [0.15, 0.2) is 30.7 Å². The topological polar surface area (TPSA) is 113 Å². The van der Waals surface area contributed by atoms with Gasteiger partial charge in [-0.15, -0.1) is 0 Å². The van der Waals surface area contributed by atoms with Crippen molar-refractivity contribution in [3.05, 3.63) is 36.4 Å². The molecular weight excluding hydrogens is 490 g/mol. The molecule has 37 heavy (non-hydrogen) atoms. The zero-order valence-electron chi connectivity index (χ0n) is 21.5. The van der Waals surface area contributed by atoms with E-state index in [9.17, 15) is 8.42 Å². The summed E-state index contributed by atoms with van der Waals surface area (Å²) in [6.45, 7) is 8.18. The largest absolute Gasteiger partial charge is 0.379 e. The van der Waals surface area contributed by atoms with Gasteiger partial charge >= 0.3 is 0 Å². The number of pyridine rings is 2. The van der Waals surface area contributed by atoms with E-state index in [0.717, 1.165) is 54.3 Å². The van der Waals surface area contributed by atoms with Crippen LogP contribution in [0.25, 0.3) is 10.8 Å². The maximum absolute atomic E-state index is 11.7. The van der Waals surface area contributed by atoms with Crippen LogP contribution in [-0.2, 0) is 14.6 Å². The van der Waals surface area contributed by atoms with Gasteiger partial charge in [-0.25, -0.2) is 18.4 Å². The van der Waals surface area contributed by atoms with Crippen LogP contribution in [0.3, 0.4) is 0 Å². The summed E-state index contributed by atoms with van der Waals surface area (Å²) in [5.41, 5.74) is 2.00. The summed E-state index contributed by atoms with van der Waals surface area (Å²) < 4.78 is 29.0. The number of hydrogen-bond donors (Lipinski definition) is 1. The van der Waals surface area contributed by atoms with Crippen molar-refractivity contribution in [1.82, 2.24) is 19.9 Å². The molecule has 0 radical (unpaired) electrons. The van der Waals surface area contributed by atoms with Gasteiger partial charge in [0.25, 0.3) is 0 Å². The molecule has 196 valence electrons. The van der Waals surface area contributed by atoms with Crippen molar-refractivity contribution in [3.63, 3.8) is 0 Å². The molecule has 6 rings (SSSR count). The van der Waals surface area contributed by atoms with Gasteiger partial charge in [-0.3, -0.25) is 4.98 Å². The molecule has 10 nitrogen and oxygen atoms in total. The van der Waals surface area contributed by atoms with E-state index in [1.807, 2.05) is 24.5 Å². The second-order valence-electron chi connectivity index (χ2n) is 10.9. The van der Waals surface area contributed by atoms with Gasteiger partial charge in [0, 0.05) is 60.9 Å². The molecule has 3 aromatic heterocycles. The minimum Gasteiger partial charge on any atom is -0.379 e. The van der Waals surface area contributed by atoms with Crippen LogP contribution in [0.5, 0.6) is 0 Å². The Morgan fingerprint density at radius 1 is 1.11 bits per heavy atom. The van der Waals surface area contributed by atoms with E-state index in [1.54, 1.807) is 6.20 Å². The van der Waals surface area contributed by atoms with E-state index in [-0.39, 0.29) is 17.6 Å². The standard InChI is InChI=1S/C26H33N7O3S/c1-16(2)25-19-8-24(28-9-20(19)21(10-29-25)32-11-17(12-32)15-37(3,34)35)30-23-4-6-27-26(31-23)33-7-5-18-13-36-14-22(18)33/h4,6,8-10,16-18,22H,5,7,11-15H2,1-3H3,(H,27,28,30,31)/t18-,22?/m0/s1. The predicted octanol–water partition coefficient (Wildman–Crippen LogP) is 2.99. The lowest BCUT2D eigenvalue weighted by molar-refractivity contribution is 0.179. The number of nitrogens with zero attached hydrogens (tertiary/aromatic N) is 6. The maximum Gasteiger partial charge on any atom is 0.227 e. The molecule has 0 saturated carbocycles. The lowest BCUT2D eigenvalue weighted by atomic mass is 9.98. The highest BCUT2D eigenvalue weighted by Gasteiger charge is 2.39. The number of nitrogens with one attached hydrogen (secondary N) is 1. The van der Waals surface area contributed by atoms with Gasteiger partial charge < -0.3 is 19.9 Å². The van der Waals surface area contributed by atoms with E-state index in [2.05, 4.69) is 33.9 Å². The number of anilines is 4. The van der Waals surface area contributed by atoms with Gasteiger partial charge in [-0.2, -0.15) is 4.98 Å². The normalized spacial score (nSPS) is 22.1. The molecule has 6 heterocycles. The number of aromatic nitrogens is 4. The first-order valence-electron chi connectivity index (χ1n) is 12.9. The molecule has 0 spiro atoms. The molecule has 11 heteroatoms. The van der Waals surface area contributed by atoms with Crippen LogP contribution >= 0.6 is 0 Å². The van der Waals surface area contributed by atoms with Gasteiger partial charge in [0.15, 0.2) is 0 Å². The molecule has 3 aromatic rings. The van der Waals surface area contributed by atoms with Crippen molar-refractivity contribution in [3.8, 4) is 0 Å². The summed E-state index contributed by atoms with van der Waals surface area (Å²) in [5, 5.41) is 5.43. The molecule has 3 aliphatic heterocycles. The van der Waals surface area contributed by atoms with E-state index >= 15 is 0 Å². The monoisotopic (exact) mass is 523 g/mol. The molecule has 0 aliphatic carbocycles. The van der Waals surface area contributed by atoms with Gasteiger partial charge in [-0.1, -0.05) is 13.8 Å². The number of sulfone groups is 1. The third-order valence-corrected chi connectivity index (χ3v) is 8.70. The second-order valence-corrected chi connectivity index (χ2v) is 13.1. The van der Waals surface area contributed by atoms with Crippen LogP contribution in [0.1, 0.15) is 31.9 Å². The van der Waals surface area contributed by atoms with Crippen LogP contribution in [0.4, 0.5) is 23.3 Å². The van der Waals surface area contributed by atoms with Gasteiger partial charge in [0.2, 0.25) is 5.95 Å². The fourth-order valence-electron chi connectivity index (χ4n) is 5.84. The third-order valence-electron chi connectivity index (χ3n) is 7.63. The third kappa shape index (κ3) is 4.82. The SMILES string of the molecule is CC(C)c1ncc(N2CC(CS(C)(=O)=O)C2)c2cnc(Nc3ccnc(N4CC[C@H]5COCC54)n3)cc12. The molecule has 3 saturated heterocycles. The fraction of sp³-hybridized carbons (Fsp3) is 0.538. The minimum atomic E-state index is -2.98. The lowest BCUT2D eigenvalue weighted by Gasteiger charge is -2.41.